The molecule has 1 saturated carbocycles. The first kappa shape index (κ1) is 17.9. The molecule has 0 spiro atoms. The molecule has 3 amide bonds. The fraction of sp³-hybridized carbons (Fsp3) is 0.471. The molecule has 1 aromatic carbocycles. The van der Waals surface area contributed by atoms with Crippen LogP contribution in [0.1, 0.15) is 36.0 Å². The van der Waals surface area contributed by atoms with Gasteiger partial charge in [0.25, 0.3) is 5.91 Å². The van der Waals surface area contributed by atoms with Gasteiger partial charge in [-0.1, -0.05) is 0 Å². The zero-order chi connectivity index (χ0) is 17.5. The van der Waals surface area contributed by atoms with Crippen LogP contribution in [0.4, 0.5) is 4.39 Å². The minimum atomic E-state index is -0.424. The van der Waals surface area contributed by atoms with Crippen molar-refractivity contribution in [3.05, 3.63) is 35.6 Å². The molecule has 0 radical (unpaired) electrons. The van der Waals surface area contributed by atoms with Crippen molar-refractivity contribution in [2.24, 2.45) is 17.6 Å². The molecule has 0 heterocycles. The zero-order valence-corrected chi connectivity index (χ0v) is 13.4. The number of amides is 3. The first-order valence-electron chi connectivity index (χ1n) is 8.05. The number of hydrogen-bond donors (Lipinski definition) is 3. The Kier molecular flexibility index (Phi) is 6.28. The van der Waals surface area contributed by atoms with Crippen LogP contribution in [0.3, 0.4) is 0 Å². The Morgan fingerprint density at radius 3 is 2.25 bits per heavy atom. The lowest BCUT2D eigenvalue weighted by molar-refractivity contribution is -0.123. The first-order valence-corrected chi connectivity index (χ1v) is 8.05. The summed E-state index contributed by atoms with van der Waals surface area (Å²) >= 11 is 0. The summed E-state index contributed by atoms with van der Waals surface area (Å²) in [7, 11) is 0. The fourth-order valence-corrected chi connectivity index (χ4v) is 2.84. The predicted octanol–water partition coefficient (Wildman–Crippen LogP) is 0.963. The Morgan fingerprint density at radius 2 is 1.67 bits per heavy atom. The van der Waals surface area contributed by atoms with Crippen LogP contribution in [0.5, 0.6) is 0 Å². The van der Waals surface area contributed by atoms with Gasteiger partial charge in [-0.3, -0.25) is 14.4 Å². The third-order valence-electron chi connectivity index (χ3n) is 4.35. The number of rotatable bonds is 6. The molecule has 0 bridgehead atoms. The van der Waals surface area contributed by atoms with Crippen molar-refractivity contribution in [3.63, 3.8) is 0 Å². The molecule has 1 aromatic rings. The third-order valence-corrected chi connectivity index (χ3v) is 4.35. The minimum absolute atomic E-state index is 0.0491. The number of benzene rings is 1. The Hall–Kier alpha value is -2.44. The summed E-state index contributed by atoms with van der Waals surface area (Å²) in [6, 6.07) is 5.11. The van der Waals surface area contributed by atoms with Crippen molar-refractivity contribution < 1.29 is 18.8 Å². The third kappa shape index (κ3) is 5.33. The van der Waals surface area contributed by atoms with E-state index in [0.29, 0.717) is 18.0 Å². The Bertz CT molecular complexity index is 596. The number of halogens is 1. The van der Waals surface area contributed by atoms with Crippen molar-refractivity contribution in [2.45, 2.75) is 25.7 Å². The van der Waals surface area contributed by atoms with Crippen molar-refractivity contribution >= 4 is 17.7 Å². The van der Waals surface area contributed by atoms with E-state index in [4.69, 9.17) is 5.73 Å². The van der Waals surface area contributed by atoms with Gasteiger partial charge in [0.05, 0.1) is 6.54 Å². The van der Waals surface area contributed by atoms with Gasteiger partial charge in [-0.15, -0.1) is 0 Å². The van der Waals surface area contributed by atoms with Crippen molar-refractivity contribution in [1.82, 2.24) is 10.6 Å². The van der Waals surface area contributed by atoms with Gasteiger partial charge in [-0.2, -0.15) is 0 Å². The van der Waals surface area contributed by atoms with Crippen LogP contribution in [0.25, 0.3) is 0 Å². The number of carbonyl (C=O) groups is 3. The Labute approximate surface area is 140 Å². The highest BCUT2D eigenvalue weighted by Crippen LogP contribution is 2.27. The van der Waals surface area contributed by atoms with Gasteiger partial charge in [0.1, 0.15) is 5.82 Å². The fourth-order valence-electron chi connectivity index (χ4n) is 2.84. The van der Waals surface area contributed by atoms with Gasteiger partial charge in [0.15, 0.2) is 0 Å². The molecular formula is C17H22FN3O3. The van der Waals surface area contributed by atoms with E-state index in [-0.39, 0.29) is 24.3 Å². The number of primary amides is 1. The predicted molar refractivity (Wildman–Crippen MR) is 86.4 cm³/mol. The van der Waals surface area contributed by atoms with Crippen LogP contribution in [0.2, 0.25) is 0 Å². The van der Waals surface area contributed by atoms with Gasteiger partial charge >= 0.3 is 0 Å². The molecule has 0 aliphatic heterocycles. The SMILES string of the molecule is NC(=O)C1CCC(CNC(=O)CNC(=O)c2ccc(F)cc2)CC1. The highest BCUT2D eigenvalue weighted by atomic mass is 19.1. The standard InChI is InChI=1S/C17H22FN3O3/c18-14-7-5-13(6-8-14)17(24)21-10-15(22)20-9-11-1-3-12(4-2-11)16(19)23/h5-8,11-12H,1-4,9-10H2,(H2,19,23)(H,20,22)(H,21,24). The largest absolute Gasteiger partial charge is 0.369 e. The molecule has 0 atom stereocenters. The molecule has 1 aliphatic rings. The van der Waals surface area contributed by atoms with Crippen LogP contribution < -0.4 is 16.4 Å². The molecule has 4 N–H and O–H groups in total. The van der Waals surface area contributed by atoms with Crippen LogP contribution in [0, 0.1) is 17.7 Å². The first-order chi connectivity index (χ1) is 11.5. The monoisotopic (exact) mass is 335 g/mol. The molecule has 0 unspecified atom stereocenters. The van der Waals surface area contributed by atoms with E-state index in [1.165, 1.54) is 24.3 Å². The maximum absolute atomic E-state index is 12.8. The molecule has 2 rings (SSSR count). The minimum Gasteiger partial charge on any atom is -0.369 e. The summed E-state index contributed by atoms with van der Waals surface area (Å²) in [5.74, 6) is -1.09. The lowest BCUT2D eigenvalue weighted by Gasteiger charge is -2.26. The van der Waals surface area contributed by atoms with Crippen molar-refractivity contribution in [3.8, 4) is 0 Å². The van der Waals surface area contributed by atoms with E-state index in [2.05, 4.69) is 10.6 Å². The smallest absolute Gasteiger partial charge is 0.251 e. The van der Waals surface area contributed by atoms with Gasteiger partial charge in [0, 0.05) is 18.0 Å². The molecule has 1 fully saturated rings. The number of hydrogen-bond acceptors (Lipinski definition) is 3. The average molecular weight is 335 g/mol. The van der Waals surface area contributed by atoms with Gasteiger partial charge in [-0.05, 0) is 55.9 Å². The second-order valence-electron chi connectivity index (χ2n) is 6.11. The Morgan fingerprint density at radius 1 is 1.04 bits per heavy atom. The highest BCUT2D eigenvalue weighted by molar-refractivity contribution is 5.96. The summed E-state index contributed by atoms with van der Waals surface area (Å²) < 4.78 is 12.8. The molecule has 1 aliphatic carbocycles. The van der Waals surface area contributed by atoms with E-state index in [9.17, 15) is 18.8 Å². The quantitative estimate of drug-likeness (QED) is 0.722. The molecule has 6 nitrogen and oxygen atoms in total. The molecule has 130 valence electrons. The van der Waals surface area contributed by atoms with Gasteiger partial charge in [0.2, 0.25) is 11.8 Å². The summed E-state index contributed by atoms with van der Waals surface area (Å²) in [6.07, 6.45) is 3.24. The van der Waals surface area contributed by atoms with Crippen LogP contribution in [0.15, 0.2) is 24.3 Å². The second-order valence-corrected chi connectivity index (χ2v) is 6.11. The topological polar surface area (TPSA) is 101 Å². The molecule has 24 heavy (non-hydrogen) atoms. The summed E-state index contributed by atoms with van der Waals surface area (Å²) in [5.41, 5.74) is 5.59. The maximum atomic E-state index is 12.8. The molecular weight excluding hydrogens is 313 g/mol. The second kappa shape index (κ2) is 8.42. The molecule has 0 aromatic heterocycles. The van der Waals surface area contributed by atoms with Crippen molar-refractivity contribution in [2.75, 3.05) is 13.1 Å². The average Bonchev–Trinajstić information content (AvgIpc) is 2.58. The molecule has 0 saturated heterocycles. The summed E-state index contributed by atoms with van der Waals surface area (Å²) in [4.78, 5) is 34.7. The lowest BCUT2D eigenvalue weighted by atomic mass is 9.81. The van der Waals surface area contributed by atoms with Crippen molar-refractivity contribution in [1.29, 1.82) is 0 Å². The van der Waals surface area contributed by atoms with E-state index < -0.39 is 11.7 Å². The lowest BCUT2D eigenvalue weighted by Crippen LogP contribution is -2.39. The van der Waals surface area contributed by atoms with Crippen LogP contribution >= 0.6 is 0 Å². The number of nitrogens with one attached hydrogen (secondary N) is 2. The van der Waals surface area contributed by atoms with E-state index in [1.54, 1.807) is 0 Å². The molecule has 7 heteroatoms. The van der Waals surface area contributed by atoms with Crippen LogP contribution in [-0.2, 0) is 9.59 Å². The van der Waals surface area contributed by atoms with E-state index >= 15 is 0 Å². The van der Waals surface area contributed by atoms with Gasteiger partial charge in [-0.25, -0.2) is 4.39 Å². The van der Waals surface area contributed by atoms with Gasteiger partial charge < -0.3 is 16.4 Å². The normalized spacial score (nSPS) is 20.2. The number of nitrogens with two attached hydrogens (primary N) is 1. The maximum Gasteiger partial charge on any atom is 0.251 e. The Balaban J connectivity index is 1.66. The highest BCUT2D eigenvalue weighted by Gasteiger charge is 2.24. The zero-order valence-electron chi connectivity index (χ0n) is 13.4. The van der Waals surface area contributed by atoms with E-state index in [1.807, 2.05) is 0 Å². The van der Waals surface area contributed by atoms with Crippen LogP contribution in [-0.4, -0.2) is 30.8 Å². The number of carbonyl (C=O) groups excluding carboxylic acids is 3. The van der Waals surface area contributed by atoms with E-state index in [0.717, 1.165) is 25.7 Å². The summed E-state index contributed by atoms with van der Waals surface area (Å²) in [6.45, 7) is 0.392. The summed E-state index contributed by atoms with van der Waals surface area (Å²) in [5, 5.41) is 5.28.